The van der Waals surface area contributed by atoms with E-state index in [-0.39, 0.29) is 0 Å². The second-order valence-electron chi connectivity index (χ2n) is 3.93. The molecule has 0 bridgehead atoms. The number of carbonyl (C=O) groups is 1. The molecule has 0 N–H and O–H groups in total. The molecule has 1 aromatic heterocycles. The summed E-state index contributed by atoms with van der Waals surface area (Å²) in [4.78, 5) is 14.9. The molecule has 0 atom stereocenters. The highest BCUT2D eigenvalue weighted by atomic mass is 35.5. The number of aromatic nitrogens is 2. The summed E-state index contributed by atoms with van der Waals surface area (Å²) in [5.74, 6) is 0.381. The monoisotopic (exact) mass is 298 g/mol. The third-order valence-electron chi connectivity index (χ3n) is 2.53. The molecule has 1 heterocycles. The van der Waals surface area contributed by atoms with Crippen LogP contribution in [0.1, 0.15) is 16.8 Å². The third kappa shape index (κ3) is 3.72. The van der Waals surface area contributed by atoms with Gasteiger partial charge in [0.2, 0.25) is 0 Å². The fourth-order valence-corrected chi connectivity index (χ4v) is 2.22. The lowest BCUT2D eigenvalue weighted by molar-refractivity contribution is 0.111. The van der Waals surface area contributed by atoms with Crippen LogP contribution in [0.4, 0.5) is 0 Å². The van der Waals surface area contributed by atoms with Gasteiger partial charge >= 0.3 is 0 Å². The number of aldehydes is 1. The zero-order valence-electron chi connectivity index (χ0n) is 10.1. The van der Waals surface area contributed by atoms with Gasteiger partial charge in [0, 0.05) is 24.0 Å². The Bertz CT molecular complexity index is 556. The molecule has 4 nitrogen and oxygen atoms in total. The number of ether oxygens (including phenoxy) is 1. The lowest BCUT2D eigenvalue weighted by Crippen LogP contribution is -2.05. The van der Waals surface area contributed by atoms with E-state index in [2.05, 4.69) is 4.98 Å². The summed E-state index contributed by atoms with van der Waals surface area (Å²) in [5.41, 5.74) is 0.361. The Morgan fingerprint density at radius 1 is 1.37 bits per heavy atom. The van der Waals surface area contributed by atoms with Crippen molar-refractivity contribution >= 4 is 29.5 Å². The molecule has 1 aromatic carbocycles. The van der Waals surface area contributed by atoms with Crippen molar-refractivity contribution in [2.45, 2.75) is 13.0 Å². The Morgan fingerprint density at radius 3 is 2.89 bits per heavy atom. The van der Waals surface area contributed by atoms with E-state index in [1.807, 2.05) is 10.8 Å². The van der Waals surface area contributed by atoms with Gasteiger partial charge in [-0.25, -0.2) is 4.98 Å². The maximum Gasteiger partial charge on any atom is 0.153 e. The van der Waals surface area contributed by atoms with Crippen LogP contribution < -0.4 is 4.74 Å². The summed E-state index contributed by atoms with van der Waals surface area (Å²) in [5, 5.41) is 0.759. The van der Waals surface area contributed by atoms with Crippen molar-refractivity contribution in [1.82, 2.24) is 9.55 Å². The first-order chi connectivity index (χ1) is 9.20. The van der Waals surface area contributed by atoms with Crippen molar-refractivity contribution in [2.75, 3.05) is 6.61 Å². The van der Waals surface area contributed by atoms with E-state index in [0.29, 0.717) is 34.3 Å². The van der Waals surface area contributed by atoms with Crippen molar-refractivity contribution < 1.29 is 9.53 Å². The molecule has 0 unspecified atom stereocenters. The van der Waals surface area contributed by atoms with E-state index in [4.69, 9.17) is 27.9 Å². The minimum atomic E-state index is 0.345. The molecule has 0 fully saturated rings. The van der Waals surface area contributed by atoms with Crippen molar-refractivity contribution in [3.05, 3.63) is 46.5 Å². The summed E-state index contributed by atoms with van der Waals surface area (Å²) < 4.78 is 7.51. The second-order valence-corrected chi connectivity index (χ2v) is 4.77. The minimum Gasteiger partial charge on any atom is -0.491 e. The van der Waals surface area contributed by atoms with Crippen LogP contribution in [0.2, 0.25) is 10.0 Å². The molecule has 100 valence electrons. The zero-order chi connectivity index (χ0) is 13.7. The van der Waals surface area contributed by atoms with Gasteiger partial charge in [-0.15, -0.1) is 0 Å². The number of hydrogen-bond acceptors (Lipinski definition) is 3. The van der Waals surface area contributed by atoms with Crippen LogP contribution in [-0.4, -0.2) is 22.4 Å². The topological polar surface area (TPSA) is 44.1 Å². The molecule has 0 aliphatic carbocycles. The molecule has 6 heteroatoms. The molecule has 2 aromatic rings. The van der Waals surface area contributed by atoms with Crippen LogP contribution in [0.15, 0.2) is 30.9 Å². The number of aryl methyl sites for hydroxylation is 1. The molecule has 0 radical (unpaired) electrons. The summed E-state index contributed by atoms with van der Waals surface area (Å²) in [6.45, 7) is 1.25. The van der Waals surface area contributed by atoms with Crippen LogP contribution in [-0.2, 0) is 6.54 Å². The standard InChI is InChI=1S/C13H12Cl2N2O2/c14-11-6-10(8-18)13(12(15)7-11)19-5-1-3-17-4-2-16-9-17/h2,4,6-9H,1,3,5H2. The highest BCUT2D eigenvalue weighted by molar-refractivity contribution is 6.36. The van der Waals surface area contributed by atoms with E-state index >= 15 is 0 Å². The smallest absolute Gasteiger partial charge is 0.153 e. The molecule has 19 heavy (non-hydrogen) atoms. The average molecular weight is 299 g/mol. The molecule has 0 aliphatic rings. The van der Waals surface area contributed by atoms with Crippen LogP contribution in [0, 0.1) is 0 Å². The molecule has 0 saturated heterocycles. The first-order valence-corrected chi connectivity index (χ1v) is 6.49. The summed E-state index contributed by atoms with van der Waals surface area (Å²) in [6, 6.07) is 3.09. The van der Waals surface area contributed by atoms with E-state index in [0.717, 1.165) is 13.0 Å². The lowest BCUT2D eigenvalue weighted by atomic mass is 10.2. The van der Waals surface area contributed by atoms with Gasteiger partial charge in [-0.3, -0.25) is 4.79 Å². The Labute approximate surface area is 120 Å². The first kappa shape index (κ1) is 13.9. The van der Waals surface area contributed by atoms with Crippen molar-refractivity contribution in [3.8, 4) is 5.75 Å². The zero-order valence-corrected chi connectivity index (χ0v) is 11.6. The molecular formula is C13H12Cl2N2O2. The number of nitrogens with zero attached hydrogens (tertiary/aromatic N) is 2. The molecule has 0 spiro atoms. The van der Waals surface area contributed by atoms with Gasteiger partial charge < -0.3 is 9.30 Å². The van der Waals surface area contributed by atoms with Gasteiger partial charge in [0.1, 0.15) is 5.75 Å². The molecule has 2 rings (SSSR count). The van der Waals surface area contributed by atoms with Crippen LogP contribution in [0.25, 0.3) is 0 Å². The quantitative estimate of drug-likeness (QED) is 0.606. The fraction of sp³-hybridized carbons (Fsp3) is 0.231. The highest BCUT2D eigenvalue weighted by Gasteiger charge is 2.10. The maximum atomic E-state index is 10.9. The van der Waals surface area contributed by atoms with Gasteiger partial charge in [0.15, 0.2) is 6.29 Å². The normalized spacial score (nSPS) is 10.4. The largest absolute Gasteiger partial charge is 0.491 e. The number of rotatable bonds is 6. The van der Waals surface area contributed by atoms with E-state index < -0.39 is 0 Å². The number of hydrogen-bond donors (Lipinski definition) is 0. The Balaban J connectivity index is 1.93. The van der Waals surface area contributed by atoms with E-state index in [1.165, 1.54) is 6.07 Å². The Morgan fingerprint density at radius 2 is 2.21 bits per heavy atom. The summed E-state index contributed by atoms with van der Waals surface area (Å²) >= 11 is 11.8. The number of imidazole rings is 1. The van der Waals surface area contributed by atoms with E-state index in [1.54, 1.807) is 18.6 Å². The maximum absolute atomic E-state index is 10.9. The highest BCUT2D eigenvalue weighted by Crippen LogP contribution is 2.31. The van der Waals surface area contributed by atoms with Gasteiger partial charge in [0.25, 0.3) is 0 Å². The van der Waals surface area contributed by atoms with Gasteiger partial charge in [-0.1, -0.05) is 23.2 Å². The Hall–Kier alpha value is -1.52. The number of halogens is 2. The molecular weight excluding hydrogens is 287 g/mol. The van der Waals surface area contributed by atoms with Crippen LogP contribution in [0.5, 0.6) is 5.75 Å². The predicted octanol–water partition coefficient (Wildman–Crippen LogP) is 3.47. The fourth-order valence-electron chi connectivity index (χ4n) is 1.66. The minimum absolute atomic E-state index is 0.345. The van der Waals surface area contributed by atoms with Crippen molar-refractivity contribution in [2.24, 2.45) is 0 Å². The third-order valence-corrected chi connectivity index (χ3v) is 3.03. The SMILES string of the molecule is O=Cc1cc(Cl)cc(Cl)c1OCCCn1ccnc1. The van der Waals surface area contributed by atoms with Crippen molar-refractivity contribution in [3.63, 3.8) is 0 Å². The summed E-state index contributed by atoms with van der Waals surface area (Å²) in [6.07, 6.45) is 6.82. The van der Waals surface area contributed by atoms with Gasteiger partial charge in [-0.2, -0.15) is 0 Å². The first-order valence-electron chi connectivity index (χ1n) is 5.73. The number of carbonyl (C=O) groups excluding carboxylic acids is 1. The van der Waals surface area contributed by atoms with Crippen molar-refractivity contribution in [1.29, 1.82) is 0 Å². The van der Waals surface area contributed by atoms with Gasteiger partial charge in [-0.05, 0) is 18.6 Å². The lowest BCUT2D eigenvalue weighted by Gasteiger charge is -2.11. The second kappa shape index (κ2) is 6.59. The number of benzene rings is 1. The van der Waals surface area contributed by atoms with Crippen LogP contribution in [0.3, 0.4) is 0 Å². The molecule has 0 saturated carbocycles. The predicted molar refractivity (Wildman–Crippen MR) is 74.2 cm³/mol. The summed E-state index contributed by atoms with van der Waals surface area (Å²) in [7, 11) is 0. The van der Waals surface area contributed by atoms with Gasteiger partial charge in [0.05, 0.1) is 23.5 Å². The van der Waals surface area contributed by atoms with E-state index in [9.17, 15) is 4.79 Å². The molecule has 0 amide bonds. The molecule has 0 aliphatic heterocycles. The van der Waals surface area contributed by atoms with Crippen LogP contribution >= 0.6 is 23.2 Å². The Kier molecular flexibility index (Phi) is 4.82. The average Bonchev–Trinajstić information content (AvgIpc) is 2.89.